The van der Waals surface area contributed by atoms with Crippen LogP contribution < -0.4 is 5.32 Å². The number of rotatable bonds is 9. The first-order chi connectivity index (χ1) is 9.79. The van der Waals surface area contributed by atoms with Crippen molar-refractivity contribution in [1.82, 2.24) is 24.3 Å². The normalized spacial score (nSPS) is 10.9. The second-order valence-corrected chi connectivity index (χ2v) is 4.51. The fourth-order valence-corrected chi connectivity index (χ4v) is 1.92. The number of nitrogens with one attached hydrogen (secondary N) is 1. The number of aryl methyl sites for hydroxylation is 2. The summed E-state index contributed by atoms with van der Waals surface area (Å²) in [5, 5.41) is 7.56. The molecule has 7 heteroatoms. The lowest BCUT2D eigenvalue weighted by Crippen LogP contribution is -2.12. The summed E-state index contributed by atoms with van der Waals surface area (Å²) < 4.78 is 9.15. The van der Waals surface area contributed by atoms with Gasteiger partial charge in [-0.1, -0.05) is 0 Å². The Labute approximate surface area is 119 Å². The van der Waals surface area contributed by atoms with Gasteiger partial charge in [0.2, 0.25) is 5.95 Å². The van der Waals surface area contributed by atoms with E-state index in [2.05, 4.69) is 25.0 Å². The quantitative estimate of drug-likeness (QED) is 0.695. The van der Waals surface area contributed by atoms with E-state index in [9.17, 15) is 0 Å². The lowest BCUT2D eigenvalue weighted by molar-refractivity contribution is 0.142. The summed E-state index contributed by atoms with van der Waals surface area (Å²) in [5.74, 6) is 1.73. The van der Waals surface area contributed by atoms with E-state index in [-0.39, 0.29) is 0 Å². The predicted molar refractivity (Wildman–Crippen MR) is 76.5 cm³/mol. The minimum atomic E-state index is 0.770. The average molecular weight is 278 g/mol. The maximum Gasteiger partial charge on any atom is 0.202 e. The zero-order chi connectivity index (χ0) is 14.2. The SMILES string of the molecule is CCOCCCn1ccnc1NCCc1ncn(C)n1. The van der Waals surface area contributed by atoms with Crippen LogP contribution in [0, 0.1) is 0 Å². The molecule has 2 rings (SSSR count). The summed E-state index contributed by atoms with van der Waals surface area (Å²) in [6.45, 7) is 5.24. The smallest absolute Gasteiger partial charge is 0.202 e. The first kappa shape index (κ1) is 14.5. The lowest BCUT2D eigenvalue weighted by atomic mass is 10.4. The Bertz CT molecular complexity index is 506. The molecule has 0 saturated carbocycles. The minimum absolute atomic E-state index is 0.770. The van der Waals surface area contributed by atoms with Gasteiger partial charge in [0.1, 0.15) is 6.33 Å². The van der Waals surface area contributed by atoms with Crippen LogP contribution >= 0.6 is 0 Å². The van der Waals surface area contributed by atoms with Gasteiger partial charge in [-0.3, -0.25) is 4.68 Å². The number of anilines is 1. The zero-order valence-electron chi connectivity index (χ0n) is 12.1. The number of imidazole rings is 1. The molecule has 110 valence electrons. The van der Waals surface area contributed by atoms with E-state index >= 15 is 0 Å². The van der Waals surface area contributed by atoms with Crippen molar-refractivity contribution in [2.24, 2.45) is 7.05 Å². The molecule has 0 aliphatic rings. The van der Waals surface area contributed by atoms with Crippen molar-refractivity contribution in [3.05, 3.63) is 24.5 Å². The Kier molecular flexibility index (Phi) is 5.55. The van der Waals surface area contributed by atoms with E-state index < -0.39 is 0 Å². The van der Waals surface area contributed by atoms with Gasteiger partial charge in [0, 0.05) is 52.2 Å². The van der Waals surface area contributed by atoms with E-state index in [1.165, 1.54) is 0 Å². The predicted octanol–water partition coefficient (Wildman–Crippen LogP) is 1.09. The molecule has 7 nitrogen and oxygen atoms in total. The molecule has 2 aromatic heterocycles. The first-order valence-corrected chi connectivity index (χ1v) is 6.97. The van der Waals surface area contributed by atoms with Crippen molar-refractivity contribution in [2.75, 3.05) is 25.1 Å². The molecule has 2 aromatic rings. The molecule has 0 aliphatic carbocycles. The summed E-state index contributed by atoms with van der Waals surface area (Å²) in [6, 6.07) is 0. The molecule has 2 heterocycles. The van der Waals surface area contributed by atoms with Crippen LogP contribution in [-0.4, -0.2) is 44.1 Å². The Morgan fingerprint density at radius 3 is 3.00 bits per heavy atom. The monoisotopic (exact) mass is 278 g/mol. The summed E-state index contributed by atoms with van der Waals surface area (Å²) >= 11 is 0. The van der Waals surface area contributed by atoms with Gasteiger partial charge >= 0.3 is 0 Å². The van der Waals surface area contributed by atoms with Gasteiger partial charge in [-0.05, 0) is 13.3 Å². The molecule has 0 radical (unpaired) electrons. The van der Waals surface area contributed by atoms with Crippen LogP contribution in [0.5, 0.6) is 0 Å². The van der Waals surface area contributed by atoms with Gasteiger partial charge in [0.15, 0.2) is 5.82 Å². The van der Waals surface area contributed by atoms with E-state index in [0.29, 0.717) is 0 Å². The van der Waals surface area contributed by atoms with Crippen LogP contribution in [0.15, 0.2) is 18.7 Å². The third-order valence-corrected chi connectivity index (χ3v) is 2.89. The topological polar surface area (TPSA) is 69.8 Å². The molecular formula is C13H22N6O. The van der Waals surface area contributed by atoms with Crippen LogP contribution in [-0.2, 0) is 24.8 Å². The van der Waals surface area contributed by atoms with E-state index in [0.717, 1.165) is 50.9 Å². The van der Waals surface area contributed by atoms with E-state index in [1.54, 1.807) is 11.0 Å². The highest BCUT2D eigenvalue weighted by molar-refractivity contribution is 5.25. The Morgan fingerprint density at radius 1 is 1.35 bits per heavy atom. The van der Waals surface area contributed by atoms with Gasteiger partial charge < -0.3 is 14.6 Å². The Hall–Kier alpha value is -1.89. The maximum absolute atomic E-state index is 5.34. The van der Waals surface area contributed by atoms with Gasteiger partial charge in [-0.2, -0.15) is 5.10 Å². The highest BCUT2D eigenvalue weighted by Gasteiger charge is 2.03. The van der Waals surface area contributed by atoms with Gasteiger partial charge in [-0.15, -0.1) is 0 Å². The van der Waals surface area contributed by atoms with E-state index in [4.69, 9.17) is 4.74 Å². The zero-order valence-corrected chi connectivity index (χ0v) is 12.1. The summed E-state index contributed by atoms with van der Waals surface area (Å²) in [4.78, 5) is 8.51. The second-order valence-electron chi connectivity index (χ2n) is 4.51. The van der Waals surface area contributed by atoms with Gasteiger partial charge in [0.25, 0.3) is 0 Å². The number of hydrogen-bond donors (Lipinski definition) is 1. The highest BCUT2D eigenvalue weighted by atomic mass is 16.5. The van der Waals surface area contributed by atoms with E-state index in [1.807, 2.05) is 26.4 Å². The molecule has 0 aromatic carbocycles. The maximum atomic E-state index is 5.34. The lowest BCUT2D eigenvalue weighted by Gasteiger charge is -2.09. The molecular weight excluding hydrogens is 256 g/mol. The van der Waals surface area contributed by atoms with Crippen LogP contribution in [0.25, 0.3) is 0 Å². The van der Waals surface area contributed by atoms with Crippen molar-refractivity contribution < 1.29 is 4.74 Å². The first-order valence-electron chi connectivity index (χ1n) is 6.97. The molecule has 0 saturated heterocycles. The number of nitrogens with zero attached hydrogens (tertiary/aromatic N) is 5. The third kappa shape index (κ3) is 4.34. The molecule has 0 fully saturated rings. The van der Waals surface area contributed by atoms with Crippen LogP contribution in [0.2, 0.25) is 0 Å². The second kappa shape index (κ2) is 7.64. The van der Waals surface area contributed by atoms with Gasteiger partial charge in [0.05, 0.1) is 0 Å². The molecule has 0 unspecified atom stereocenters. The minimum Gasteiger partial charge on any atom is -0.382 e. The number of aromatic nitrogens is 5. The van der Waals surface area contributed by atoms with Crippen molar-refractivity contribution in [1.29, 1.82) is 0 Å². The molecule has 0 bridgehead atoms. The van der Waals surface area contributed by atoms with Crippen LogP contribution in [0.4, 0.5) is 5.95 Å². The standard InChI is InChI=1S/C13H22N6O/c1-3-20-10-4-8-19-9-7-15-13(19)14-6-5-12-16-11-18(2)17-12/h7,9,11H,3-6,8,10H2,1-2H3,(H,14,15). The summed E-state index contributed by atoms with van der Waals surface area (Å²) in [6.07, 6.45) is 7.27. The average Bonchev–Trinajstić information content (AvgIpc) is 3.05. The summed E-state index contributed by atoms with van der Waals surface area (Å²) in [7, 11) is 1.87. The van der Waals surface area contributed by atoms with Crippen molar-refractivity contribution in [3.63, 3.8) is 0 Å². The highest BCUT2D eigenvalue weighted by Crippen LogP contribution is 2.05. The molecule has 1 N–H and O–H groups in total. The summed E-state index contributed by atoms with van der Waals surface area (Å²) in [5.41, 5.74) is 0. The van der Waals surface area contributed by atoms with Crippen LogP contribution in [0.3, 0.4) is 0 Å². The molecule has 0 aliphatic heterocycles. The number of hydrogen-bond acceptors (Lipinski definition) is 5. The van der Waals surface area contributed by atoms with Gasteiger partial charge in [-0.25, -0.2) is 9.97 Å². The Balaban J connectivity index is 1.74. The molecule has 0 atom stereocenters. The fourth-order valence-electron chi connectivity index (χ4n) is 1.92. The van der Waals surface area contributed by atoms with Crippen molar-refractivity contribution in [2.45, 2.75) is 26.3 Å². The van der Waals surface area contributed by atoms with Crippen molar-refractivity contribution >= 4 is 5.95 Å². The largest absolute Gasteiger partial charge is 0.382 e. The Morgan fingerprint density at radius 2 is 2.25 bits per heavy atom. The third-order valence-electron chi connectivity index (χ3n) is 2.89. The molecule has 0 amide bonds. The molecule has 0 spiro atoms. The van der Waals surface area contributed by atoms with Crippen molar-refractivity contribution in [3.8, 4) is 0 Å². The fraction of sp³-hybridized carbons (Fsp3) is 0.615. The van der Waals surface area contributed by atoms with Crippen LogP contribution in [0.1, 0.15) is 19.2 Å². The molecule has 20 heavy (non-hydrogen) atoms. The number of ether oxygens (including phenoxy) is 1.